The highest BCUT2D eigenvalue weighted by Crippen LogP contribution is 2.38. The molecule has 0 bridgehead atoms. The summed E-state index contributed by atoms with van der Waals surface area (Å²) in [5, 5.41) is 0. The zero-order chi connectivity index (χ0) is 16.4. The zero-order valence-electron chi connectivity index (χ0n) is 13.0. The van der Waals surface area contributed by atoms with Crippen molar-refractivity contribution in [1.29, 1.82) is 0 Å². The van der Waals surface area contributed by atoms with E-state index >= 15 is 0 Å². The topological polar surface area (TPSA) is 44.8 Å². The third-order valence-electron chi connectivity index (χ3n) is 3.44. The molecule has 0 amide bonds. The molecule has 0 unspecified atom stereocenters. The molecule has 0 N–H and O–H groups in total. The van der Waals surface area contributed by atoms with Crippen molar-refractivity contribution in [1.82, 2.24) is 0 Å². The lowest BCUT2D eigenvalue weighted by molar-refractivity contribution is -0.131. The van der Waals surface area contributed by atoms with Crippen LogP contribution in [0.1, 0.15) is 18.1 Å². The lowest BCUT2D eigenvalue weighted by atomic mass is 10.0. The molecule has 0 radical (unpaired) electrons. The molecule has 0 spiro atoms. The summed E-state index contributed by atoms with van der Waals surface area (Å²) in [6.07, 6.45) is 1.51. The number of benzene rings is 2. The van der Waals surface area contributed by atoms with Crippen molar-refractivity contribution >= 4 is 11.5 Å². The number of fused-ring (bicyclic) bond motifs is 1. The van der Waals surface area contributed by atoms with Gasteiger partial charge in [-0.25, -0.2) is 0 Å². The van der Waals surface area contributed by atoms with E-state index in [-0.39, 0.29) is 5.97 Å². The highest BCUT2D eigenvalue weighted by atomic mass is 16.5. The highest BCUT2D eigenvalue weighted by molar-refractivity contribution is 5.81. The van der Waals surface area contributed by atoms with Crippen molar-refractivity contribution in [3.8, 4) is 17.2 Å². The minimum absolute atomic E-state index is 0.376. The van der Waals surface area contributed by atoms with Crippen LogP contribution in [0.2, 0.25) is 0 Å². The standard InChI is InChI=1S/C19H16O4/c1-12-6-4-5-7-17(12)23-19-11-21-18-10-15(22-14(3)20)8-9-16(18)13(19)2/h4-11H,2H2,1,3H3. The number of allylic oxidation sites excluding steroid dienone is 1. The van der Waals surface area contributed by atoms with Crippen molar-refractivity contribution in [2.24, 2.45) is 0 Å². The van der Waals surface area contributed by atoms with Crippen molar-refractivity contribution in [2.45, 2.75) is 13.8 Å². The predicted molar refractivity (Wildman–Crippen MR) is 87.3 cm³/mol. The summed E-state index contributed by atoms with van der Waals surface area (Å²) in [5.41, 5.74) is 2.54. The first kappa shape index (κ1) is 14.9. The van der Waals surface area contributed by atoms with Gasteiger partial charge in [0.25, 0.3) is 0 Å². The van der Waals surface area contributed by atoms with Crippen LogP contribution in [-0.2, 0) is 4.79 Å². The average molecular weight is 308 g/mol. The molecule has 0 atom stereocenters. The van der Waals surface area contributed by atoms with Gasteiger partial charge in [0.2, 0.25) is 0 Å². The molecule has 1 aliphatic rings. The molecule has 2 aromatic rings. The van der Waals surface area contributed by atoms with Crippen LogP contribution in [0.5, 0.6) is 17.2 Å². The first-order chi connectivity index (χ1) is 11.0. The second kappa shape index (κ2) is 6.01. The van der Waals surface area contributed by atoms with Gasteiger partial charge < -0.3 is 14.2 Å². The first-order valence-corrected chi connectivity index (χ1v) is 7.17. The summed E-state index contributed by atoms with van der Waals surface area (Å²) >= 11 is 0. The van der Waals surface area contributed by atoms with Crippen molar-refractivity contribution in [2.75, 3.05) is 0 Å². The first-order valence-electron chi connectivity index (χ1n) is 7.17. The number of hydrogen-bond donors (Lipinski definition) is 0. The van der Waals surface area contributed by atoms with Gasteiger partial charge in [-0.1, -0.05) is 24.8 Å². The smallest absolute Gasteiger partial charge is 0.308 e. The fourth-order valence-corrected chi connectivity index (χ4v) is 2.27. The molecule has 23 heavy (non-hydrogen) atoms. The number of ether oxygens (including phenoxy) is 3. The van der Waals surface area contributed by atoms with Crippen LogP contribution < -0.4 is 14.2 Å². The Morgan fingerprint density at radius 3 is 2.70 bits per heavy atom. The number of rotatable bonds is 3. The third-order valence-corrected chi connectivity index (χ3v) is 3.44. The van der Waals surface area contributed by atoms with E-state index in [0.29, 0.717) is 22.8 Å². The van der Waals surface area contributed by atoms with Gasteiger partial charge in [-0.2, -0.15) is 0 Å². The maximum absolute atomic E-state index is 11.0. The second-order valence-electron chi connectivity index (χ2n) is 5.20. The summed E-state index contributed by atoms with van der Waals surface area (Å²) in [6.45, 7) is 7.40. The quantitative estimate of drug-likeness (QED) is 0.628. The van der Waals surface area contributed by atoms with E-state index in [0.717, 1.165) is 16.9 Å². The largest absolute Gasteiger partial charge is 0.460 e. The maximum atomic E-state index is 11.0. The molecule has 3 rings (SSSR count). The molecule has 116 valence electrons. The van der Waals surface area contributed by atoms with Gasteiger partial charge in [0.15, 0.2) is 5.76 Å². The van der Waals surface area contributed by atoms with E-state index in [4.69, 9.17) is 14.2 Å². The Bertz CT molecular complexity index is 818. The normalized spacial score (nSPS) is 12.8. The zero-order valence-corrected chi connectivity index (χ0v) is 13.0. The maximum Gasteiger partial charge on any atom is 0.308 e. The van der Waals surface area contributed by atoms with E-state index in [1.54, 1.807) is 18.2 Å². The van der Waals surface area contributed by atoms with Gasteiger partial charge in [-0.15, -0.1) is 0 Å². The number of esters is 1. The molecule has 0 aliphatic carbocycles. The van der Waals surface area contributed by atoms with Crippen LogP contribution in [-0.4, -0.2) is 5.97 Å². The fourth-order valence-electron chi connectivity index (χ4n) is 2.27. The molecule has 0 aromatic heterocycles. The lowest BCUT2D eigenvalue weighted by Gasteiger charge is -2.21. The molecule has 2 aromatic carbocycles. The SMILES string of the molecule is C=C1C(Oc2ccccc2C)=COc2cc(OC(C)=O)ccc21. The molecule has 0 saturated heterocycles. The van der Waals surface area contributed by atoms with Crippen LogP contribution in [0.15, 0.2) is 61.1 Å². The molecule has 4 nitrogen and oxygen atoms in total. The Morgan fingerprint density at radius 2 is 1.96 bits per heavy atom. The number of carbonyl (C=O) groups is 1. The van der Waals surface area contributed by atoms with Gasteiger partial charge in [0.05, 0.1) is 0 Å². The Labute approximate surface area is 134 Å². The number of para-hydroxylation sites is 1. The highest BCUT2D eigenvalue weighted by Gasteiger charge is 2.20. The van der Waals surface area contributed by atoms with Crippen LogP contribution in [0, 0.1) is 6.92 Å². The Kier molecular flexibility index (Phi) is 3.89. The number of aryl methyl sites for hydroxylation is 1. The van der Waals surface area contributed by atoms with Crippen LogP contribution in [0.3, 0.4) is 0 Å². The predicted octanol–water partition coefficient (Wildman–Crippen LogP) is 4.25. The summed E-state index contributed by atoms with van der Waals surface area (Å²) in [4.78, 5) is 11.0. The lowest BCUT2D eigenvalue weighted by Crippen LogP contribution is -2.08. The number of carbonyl (C=O) groups excluding carboxylic acids is 1. The second-order valence-corrected chi connectivity index (χ2v) is 5.20. The average Bonchev–Trinajstić information content (AvgIpc) is 2.51. The van der Waals surface area contributed by atoms with E-state index in [1.807, 2.05) is 31.2 Å². The van der Waals surface area contributed by atoms with Crippen LogP contribution >= 0.6 is 0 Å². The summed E-state index contributed by atoms with van der Waals surface area (Å²) in [5.74, 6) is 1.93. The fraction of sp³-hybridized carbons (Fsp3) is 0.105. The minimum atomic E-state index is -0.376. The molecular weight excluding hydrogens is 292 g/mol. The van der Waals surface area contributed by atoms with Gasteiger partial charge in [0, 0.05) is 24.1 Å². The van der Waals surface area contributed by atoms with Crippen molar-refractivity contribution < 1.29 is 19.0 Å². The van der Waals surface area contributed by atoms with Crippen molar-refractivity contribution in [3.63, 3.8) is 0 Å². The minimum Gasteiger partial charge on any atom is -0.460 e. The molecule has 4 heteroatoms. The van der Waals surface area contributed by atoms with E-state index in [9.17, 15) is 4.79 Å². The third kappa shape index (κ3) is 3.11. The van der Waals surface area contributed by atoms with E-state index < -0.39 is 0 Å². The number of hydrogen-bond acceptors (Lipinski definition) is 4. The summed E-state index contributed by atoms with van der Waals surface area (Å²) in [6, 6.07) is 12.9. The van der Waals surface area contributed by atoms with Gasteiger partial charge >= 0.3 is 5.97 Å². The van der Waals surface area contributed by atoms with Crippen molar-refractivity contribution in [3.05, 3.63) is 72.2 Å². The summed E-state index contributed by atoms with van der Waals surface area (Å²) < 4.78 is 16.6. The van der Waals surface area contributed by atoms with Gasteiger partial charge in [-0.05, 0) is 30.7 Å². The Morgan fingerprint density at radius 1 is 1.17 bits per heavy atom. The van der Waals surface area contributed by atoms with E-state index in [2.05, 4.69) is 6.58 Å². The molecule has 1 heterocycles. The molecular formula is C19H16O4. The van der Waals surface area contributed by atoms with Gasteiger partial charge in [-0.3, -0.25) is 4.79 Å². The monoisotopic (exact) mass is 308 g/mol. The molecule has 1 aliphatic heterocycles. The van der Waals surface area contributed by atoms with E-state index in [1.165, 1.54) is 13.2 Å². The summed E-state index contributed by atoms with van der Waals surface area (Å²) in [7, 11) is 0. The Balaban J connectivity index is 1.85. The Hall–Kier alpha value is -3.01. The van der Waals surface area contributed by atoms with Crippen LogP contribution in [0.25, 0.3) is 5.57 Å². The van der Waals surface area contributed by atoms with Crippen LogP contribution in [0.4, 0.5) is 0 Å². The molecule has 0 saturated carbocycles. The molecule has 0 fully saturated rings. The van der Waals surface area contributed by atoms with Gasteiger partial charge in [0.1, 0.15) is 23.5 Å².